The van der Waals surface area contributed by atoms with Crippen LogP contribution < -0.4 is 0 Å². The Morgan fingerprint density at radius 2 is 1.71 bits per heavy atom. The molecule has 0 saturated carbocycles. The minimum absolute atomic E-state index is 0.151. The van der Waals surface area contributed by atoms with Crippen molar-refractivity contribution in [3.8, 4) is 11.4 Å². The van der Waals surface area contributed by atoms with Gasteiger partial charge in [-0.25, -0.2) is 0 Å². The molecule has 6 nitrogen and oxygen atoms in total. The molecule has 1 saturated heterocycles. The van der Waals surface area contributed by atoms with E-state index in [1.54, 1.807) is 12.4 Å². The van der Waals surface area contributed by atoms with Gasteiger partial charge in [0.1, 0.15) is 5.60 Å². The van der Waals surface area contributed by atoms with Crippen molar-refractivity contribution in [2.45, 2.75) is 52.1 Å². The Hall–Kier alpha value is -2.57. The first-order chi connectivity index (χ1) is 14.6. The van der Waals surface area contributed by atoms with Crippen molar-refractivity contribution in [3.63, 3.8) is 0 Å². The molecule has 0 spiro atoms. The molecule has 2 aromatic heterocycles. The Morgan fingerprint density at radius 1 is 1.03 bits per heavy atom. The molecule has 1 aliphatic rings. The van der Waals surface area contributed by atoms with Gasteiger partial charge in [-0.05, 0) is 30.2 Å². The quantitative estimate of drug-likeness (QED) is 0.630. The number of likely N-dealkylation sites (tertiary alicyclic amines) is 1. The first-order valence-electron chi connectivity index (χ1n) is 10.9. The van der Waals surface area contributed by atoms with Crippen molar-refractivity contribution >= 4 is 0 Å². The maximum Gasteiger partial charge on any atom is 0.229 e. The summed E-state index contributed by atoms with van der Waals surface area (Å²) in [4.78, 5) is 11.2. The fraction of sp³-hybridized carbons (Fsp3) is 0.480. The van der Waals surface area contributed by atoms with Crippen LogP contribution in [0.4, 0.5) is 0 Å². The number of benzene rings is 1. The lowest BCUT2D eigenvalue weighted by atomic mass is 9.62. The molecule has 0 bridgehead atoms. The van der Waals surface area contributed by atoms with Crippen LogP contribution in [0.3, 0.4) is 0 Å². The largest absolute Gasteiger partial charge is 0.380 e. The van der Waals surface area contributed by atoms with Crippen LogP contribution in [0.5, 0.6) is 0 Å². The van der Waals surface area contributed by atoms with E-state index in [9.17, 15) is 5.11 Å². The van der Waals surface area contributed by atoms with Crippen LogP contribution in [0.15, 0.2) is 47.2 Å². The molecule has 0 aliphatic carbocycles. The molecule has 1 aromatic carbocycles. The van der Waals surface area contributed by atoms with Crippen LogP contribution in [0.25, 0.3) is 11.4 Å². The van der Waals surface area contributed by atoms with Crippen molar-refractivity contribution in [1.29, 1.82) is 0 Å². The first kappa shape index (κ1) is 21.7. The fourth-order valence-electron chi connectivity index (χ4n) is 4.69. The molecule has 4 rings (SSSR count). The van der Waals surface area contributed by atoms with Crippen LogP contribution in [-0.4, -0.2) is 45.3 Å². The molecule has 1 atom stereocenters. The van der Waals surface area contributed by atoms with Crippen LogP contribution in [0, 0.1) is 5.41 Å². The molecule has 6 heteroatoms. The zero-order valence-electron chi connectivity index (χ0n) is 19.3. The van der Waals surface area contributed by atoms with Crippen molar-refractivity contribution in [2.24, 2.45) is 5.41 Å². The van der Waals surface area contributed by atoms with E-state index in [0.29, 0.717) is 17.6 Å². The van der Waals surface area contributed by atoms with Crippen molar-refractivity contribution in [3.05, 3.63) is 65.3 Å². The number of aliphatic hydroxyl groups is 1. The third-order valence-corrected chi connectivity index (χ3v) is 6.46. The summed E-state index contributed by atoms with van der Waals surface area (Å²) in [6, 6.07) is 10.3. The van der Waals surface area contributed by atoms with Gasteiger partial charge in [-0.3, -0.25) is 4.98 Å². The standard InChI is InChI=1S/C25H32N4O2/c1-16(2)18-7-9-20(10-8-18)25(30,24(5)14-29(6)15-24)21-11-19(12-26-13-21)22-27-23(17(3)4)31-28-22/h7-13,16-17,30H,14-15H2,1-6H3. The number of nitrogens with zero attached hydrogens (tertiary/aromatic N) is 4. The van der Waals surface area contributed by atoms with Gasteiger partial charge in [0.2, 0.25) is 11.7 Å². The first-order valence-corrected chi connectivity index (χ1v) is 10.9. The van der Waals surface area contributed by atoms with E-state index < -0.39 is 5.60 Å². The van der Waals surface area contributed by atoms with E-state index in [0.717, 1.165) is 29.8 Å². The summed E-state index contributed by atoms with van der Waals surface area (Å²) in [5.74, 6) is 1.67. The van der Waals surface area contributed by atoms with Gasteiger partial charge >= 0.3 is 0 Å². The van der Waals surface area contributed by atoms with Gasteiger partial charge in [0.25, 0.3) is 0 Å². The second-order valence-corrected chi connectivity index (χ2v) is 9.79. The van der Waals surface area contributed by atoms with Gasteiger partial charge in [0.15, 0.2) is 0 Å². The van der Waals surface area contributed by atoms with Gasteiger partial charge in [-0.2, -0.15) is 4.98 Å². The lowest BCUT2D eigenvalue weighted by molar-refractivity contribution is -0.127. The summed E-state index contributed by atoms with van der Waals surface area (Å²) in [5.41, 5.74) is 2.07. The lowest BCUT2D eigenvalue weighted by Crippen LogP contribution is -2.63. The van der Waals surface area contributed by atoms with E-state index in [4.69, 9.17) is 4.52 Å². The van der Waals surface area contributed by atoms with Gasteiger partial charge in [0.05, 0.1) is 0 Å². The second-order valence-electron chi connectivity index (χ2n) is 9.79. The third-order valence-electron chi connectivity index (χ3n) is 6.46. The molecular weight excluding hydrogens is 388 g/mol. The molecule has 1 fully saturated rings. The molecule has 3 heterocycles. The van der Waals surface area contributed by atoms with Crippen LogP contribution in [0.1, 0.15) is 69.0 Å². The predicted octanol–water partition coefficient (Wildman–Crippen LogP) is 4.57. The molecule has 0 radical (unpaired) electrons. The lowest BCUT2D eigenvalue weighted by Gasteiger charge is -2.55. The third kappa shape index (κ3) is 3.68. The Morgan fingerprint density at radius 3 is 2.26 bits per heavy atom. The van der Waals surface area contributed by atoms with Gasteiger partial charge in [-0.15, -0.1) is 0 Å². The molecule has 164 valence electrons. The normalized spacial score (nSPS) is 18.2. The number of aromatic nitrogens is 3. The van der Waals surface area contributed by atoms with Crippen molar-refractivity contribution in [2.75, 3.05) is 20.1 Å². The maximum atomic E-state index is 12.3. The monoisotopic (exact) mass is 420 g/mol. The fourth-order valence-corrected chi connectivity index (χ4v) is 4.69. The number of rotatable bonds is 6. The van der Waals surface area contributed by atoms with Crippen LogP contribution in [-0.2, 0) is 5.60 Å². The summed E-state index contributed by atoms with van der Waals surface area (Å²) >= 11 is 0. The molecule has 3 aromatic rings. The van der Waals surface area contributed by atoms with Gasteiger partial charge in [-0.1, -0.05) is 64.0 Å². The van der Waals surface area contributed by atoms with Crippen LogP contribution in [0.2, 0.25) is 0 Å². The van der Waals surface area contributed by atoms with Gasteiger partial charge < -0.3 is 14.5 Å². The summed E-state index contributed by atoms with van der Waals surface area (Å²) < 4.78 is 5.38. The molecule has 31 heavy (non-hydrogen) atoms. The molecule has 1 aliphatic heterocycles. The molecule has 1 N–H and O–H groups in total. The van der Waals surface area contributed by atoms with Crippen molar-refractivity contribution in [1.82, 2.24) is 20.0 Å². The topological polar surface area (TPSA) is 75.3 Å². The Bertz CT molecular complexity index is 1050. The number of hydrogen-bond donors (Lipinski definition) is 1. The average Bonchev–Trinajstić information content (AvgIpc) is 3.23. The highest BCUT2D eigenvalue weighted by Crippen LogP contribution is 2.50. The van der Waals surface area contributed by atoms with E-state index in [1.807, 2.05) is 19.9 Å². The smallest absolute Gasteiger partial charge is 0.229 e. The van der Waals surface area contributed by atoms with E-state index >= 15 is 0 Å². The average molecular weight is 421 g/mol. The minimum atomic E-state index is -1.19. The van der Waals surface area contributed by atoms with E-state index in [-0.39, 0.29) is 11.3 Å². The highest BCUT2D eigenvalue weighted by atomic mass is 16.5. The second kappa shape index (κ2) is 7.84. The Labute approximate surface area is 184 Å². The number of pyridine rings is 1. The SMILES string of the molecule is CC(C)c1ccc(C(O)(c2cncc(-c3noc(C(C)C)n3)c2)C2(C)CN(C)C2)cc1. The molecule has 0 amide bonds. The number of hydrogen-bond acceptors (Lipinski definition) is 6. The van der Waals surface area contributed by atoms with Gasteiger partial charge in [0, 0.05) is 47.9 Å². The zero-order valence-corrected chi connectivity index (χ0v) is 19.3. The van der Waals surface area contributed by atoms with E-state index in [2.05, 4.69) is 72.1 Å². The molecular formula is C25H32N4O2. The summed E-state index contributed by atoms with van der Waals surface area (Å²) in [6.45, 7) is 12.1. The summed E-state index contributed by atoms with van der Waals surface area (Å²) in [7, 11) is 2.07. The highest BCUT2D eigenvalue weighted by Gasteiger charge is 2.55. The zero-order chi connectivity index (χ0) is 22.4. The minimum Gasteiger partial charge on any atom is -0.380 e. The Kier molecular flexibility index (Phi) is 5.48. The summed E-state index contributed by atoms with van der Waals surface area (Å²) in [5, 5.41) is 16.4. The maximum absolute atomic E-state index is 12.3. The van der Waals surface area contributed by atoms with Crippen molar-refractivity contribution < 1.29 is 9.63 Å². The Balaban J connectivity index is 1.81. The highest BCUT2D eigenvalue weighted by molar-refractivity contribution is 5.56. The van der Waals surface area contributed by atoms with Crippen LogP contribution >= 0.6 is 0 Å². The van der Waals surface area contributed by atoms with E-state index in [1.165, 1.54) is 5.56 Å². The predicted molar refractivity (Wildman–Crippen MR) is 121 cm³/mol. The molecule has 1 unspecified atom stereocenters. The summed E-state index contributed by atoms with van der Waals surface area (Å²) in [6.07, 6.45) is 3.48.